The Hall–Kier alpha value is -0.883. The van der Waals surface area contributed by atoms with E-state index in [1.165, 1.54) is 0 Å². The van der Waals surface area contributed by atoms with Crippen LogP contribution in [0.5, 0.6) is 0 Å². The van der Waals surface area contributed by atoms with E-state index in [1.807, 2.05) is 34.6 Å². The summed E-state index contributed by atoms with van der Waals surface area (Å²) >= 11 is 0. The predicted molar refractivity (Wildman–Crippen MR) is 98.3 cm³/mol. The zero-order valence-corrected chi connectivity index (χ0v) is 17.9. The Morgan fingerprint density at radius 1 is 1.04 bits per heavy atom. The Kier molecular flexibility index (Phi) is 8.66. The number of hydrogen-bond donors (Lipinski definition) is 0. The highest BCUT2D eigenvalue weighted by molar-refractivity contribution is 6.69. The summed E-state index contributed by atoms with van der Waals surface area (Å²) in [6.45, 7) is 18.0. The minimum atomic E-state index is -1.60. The second-order valence-electron chi connectivity index (χ2n) is 8.65. The van der Waals surface area contributed by atoms with Crippen molar-refractivity contribution < 1.29 is 23.5 Å². The van der Waals surface area contributed by atoms with Crippen LogP contribution >= 0.6 is 0 Å². The van der Waals surface area contributed by atoms with Crippen LogP contribution in [-0.4, -0.2) is 39.1 Å². The molecule has 24 heavy (non-hydrogen) atoms. The fraction of sp³-hybridized carbons (Fsp3) is 0.889. The third-order valence-electron chi connectivity index (χ3n) is 3.69. The van der Waals surface area contributed by atoms with Gasteiger partial charge in [-0.2, -0.15) is 0 Å². The molecule has 6 heteroatoms. The van der Waals surface area contributed by atoms with Crippen LogP contribution in [0.25, 0.3) is 0 Å². The van der Waals surface area contributed by atoms with Crippen LogP contribution in [0.4, 0.5) is 0 Å². The van der Waals surface area contributed by atoms with Gasteiger partial charge in [-0.1, -0.05) is 13.8 Å². The van der Waals surface area contributed by atoms with Gasteiger partial charge in [-0.3, -0.25) is 9.59 Å². The fourth-order valence-corrected chi connectivity index (χ4v) is 2.89. The van der Waals surface area contributed by atoms with Crippen LogP contribution in [0, 0.1) is 11.3 Å². The highest BCUT2D eigenvalue weighted by atomic mass is 28.4. The van der Waals surface area contributed by atoms with Crippen molar-refractivity contribution in [3.05, 3.63) is 0 Å². The minimum absolute atomic E-state index is 0.250. The first-order valence-electron chi connectivity index (χ1n) is 8.74. The Bertz CT molecular complexity index is 422. The maximum Gasteiger partial charge on any atom is 0.311 e. The molecule has 0 aromatic rings. The molecule has 142 valence electrons. The molecule has 0 saturated heterocycles. The monoisotopic (exact) mass is 360 g/mol. The van der Waals surface area contributed by atoms with Gasteiger partial charge in [0.2, 0.25) is 0 Å². The van der Waals surface area contributed by atoms with Crippen molar-refractivity contribution in [3.8, 4) is 0 Å². The molecule has 0 bridgehead atoms. The van der Waals surface area contributed by atoms with E-state index < -0.39 is 19.3 Å². The first-order chi connectivity index (χ1) is 10.7. The van der Waals surface area contributed by atoms with Gasteiger partial charge in [-0.25, -0.2) is 0 Å². The topological polar surface area (TPSA) is 61.8 Å². The number of ether oxygens (including phenoxy) is 2. The Morgan fingerprint density at radius 2 is 1.58 bits per heavy atom. The summed E-state index contributed by atoms with van der Waals surface area (Å²) in [4.78, 5) is 24.6. The lowest BCUT2D eigenvalue weighted by atomic mass is 9.79. The molecule has 0 aliphatic carbocycles. The van der Waals surface area contributed by atoms with Gasteiger partial charge in [0, 0.05) is 0 Å². The van der Waals surface area contributed by atoms with Crippen molar-refractivity contribution in [3.63, 3.8) is 0 Å². The molecule has 2 unspecified atom stereocenters. The van der Waals surface area contributed by atoms with E-state index in [-0.39, 0.29) is 24.5 Å². The van der Waals surface area contributed by atoms with E-state index in [1.54, 1.807) is 6.92 Å². The predicted octanol–water partition coefficient (Wildman–Crippen LogP) is 4.17. The summed E-state index contributed by atoms with van der Waals surface area (Å²) in [6.07, 6.45) is 1.01. The van der Waals surface area contributed by atoms with Crippen LogP contribution in [-0.2, 0) is 23.5 Å². The first kappa shape index (κ1) is 23.1. The molecule has 5 nitrogen and oxygen atoms in total. The van der Waals surface area contributed by atoms with E-state index in [4.69, 9.17) is 13.9 Å². The molecule has 0 aliphatic rings. The number of carbonyl (C=O) groups is 2. The van der Waals surface area contributed by atoms with E-state index in [9.17, 15) is 9.59 Å². The SMILES string of the molecule is CCC(C)(CC(C)C(=O)OC(C)(C)C)C(=O)OCCO[Si](C)(C)C. The van der Waals surface area contributed by atoms with E-state index in [2.05, 4.69) is 19.6 Å². The normalized spacial score (nSPS) is 16.2. The number of carbonyl (C=O) groups excluding carboxylic acids is 2. The zero-order valence-electron chi connectivity index (χ0n) is 16.9. The summed E-state index contributed by atoms with van der Waals surface area (Å²) in [5.41, 5.74) is -1.22. The van der Waals surface area contributed by atoms with Gasteiger partial charge in [0.25, 0.3) is 0 Å². The molecular weight excluding hydrogens is 324 g/mol. The molecule has 0 aromatic heterocycles. The third-order valence-corrected chi connectivity index (χ3v) is 4.76. The standard InChI is InChI=1S/C18H36O5Si/c1-10-18(6,13-14(2)15(19)23-17(3,4)5)16(20)21-11-12-22-24(7,8)9/h14H,10-13H2,1-9H3. The van der Waals surface area contributed by atoms with Crippen LogP contribution in [0.15, 0.2) is 0 Å². The van der Waals surface area contributed by atoms with Crippen LogP contribution in [0.2, 0.25) is 19.6 Å². The Morgan fingerprint density at radius 3 is 2.00 bits per heavy atom. The zero-order chi connectivity index (χ0) is 19.2. The van der Waals surface area contributed by atoms with Crippen molar-refractivity contribution in [2.24, 2.45) is 11.3 Å². The average molecular weight is 361 g/mol. The molecular formula is C18H36O5Si. The van der Waals surface area contributed by atoms with Gasteiger partial charge in [-0.15, -0.1) is 0 Å². The van der Waals surface area contributed by atoms with Gasteiger partial charge in [0.15, 0.2) is 8.32 Å². The summed E-state index contributed by atoms with van der Waals surface area (Å²) in [6, 6.07) is 0. The lowest BCUT2D eigenvalue weighted by Gasteiger charge is -2.30. The maximum absolute atomic E-state index is 12.4. The van der Waals surface area contributed by atoms with Crippen molar-refractivity contribution in [2.75, 3.05) is 13.2 Å². The molecule has 0 amide bonds. The Labute approximate surface area is 148 Å². The molecule has 0 N–H and O–H groups in total. The fourth-order valence-electron chi connectivity index (χ4n) is 2.19. The summed E-state index contributed by atoms with van der Waals surface area (Å²) in [7, 11) is -1.60. The lowest BCUT2D eigenvalue weighted by Crippen LogP contribution is -2.36. The maximum atomic E-state index is 12.4. The summed E-state index contributed by atoms with van der Waals surface area (Å²) < 4.78 is 16.5. The molecule has 0 spiro atoms. The highest BCUT2D eigenvalue weighted by Gasteiger charge is 2.37. The van der Waals surface area contributed by atoms with Gasteiger partial charge >= 0.3 is 11.9 Å². The quantitative estimate of drug-likeness (QED) is 0.351. The molecule has 0 heterocycles. The van der Waals surface area contributed by atoms with Gasteiger partial charge in [0.1, 0.15) is 12.2 Å². The van der Waals surface area contributed by atoms with Gasteiger partial charge < -0.3 is 13.9 Å². The molecule has 0 radical (unpaired) electrons. The summed E-state index contributed by atoms with van der Waals surface area (Å²) in [5.74, 6) is -0.920. The minimum Gasteiger partial charge on any atom is -0.463 e. The van der Waals surface area contributed by atoms with Crippen molar-refractivity contribution in [1.29, 1.82) is 0 Å². The second kappa shape index (κ2) is 8.99. The highest BCUT2D eigenvalue weighted by Crippen LogP contribution is 2.32. The first-order valence-corrected chi connectivity index (χ1v) is 12.1. The van der Waals surface area contributed by atoms with Crippen molar-refractivity contribution >= 4 is 20.3 Å². The smallest absolute Gasteiger partial charge is 0.311 e. The molecule has 0 aromatic carbocycles. The Balaban J connectivity index is 4.60. The second-order valence-corrected chi connectivity index (χ2v) is 13.2. The van der Waals surface area contributed by atoms with Gasteiger partial charge in [0.05, 0.1) is 17.9 Å². The molecule has 0 aliphatic heterocycles. The van der Waals surface area contributed by atoms with Crippen molar-refractivity contribution in [2.45, 2.75) is 79.6 Å². The molecule has 0 rings (SSSR count). The molecule has 0 fully saturated rings. The lowest BCUT2D eigenvalue weighted by molar-refractivity contribution is -0.164. The van der Waals surface area contributed by atoms with Crippen LogP contribution < -0.4 is 0 Å². The van der Waals surface area contributed by atoms with E-state index >= 15 is 0 Å². The van der Waals surface area contributed by atoms with Crippen LogP contribution in [0.3, 0.4) is 0 Å². The average Bonchev–Trinajstić information content (AvgIpc) is 2.40. The number of esters is 2. The van der Waals surface area contributed by atoms with Crippen molar-refractivity contribution in [1.82, 2.24) is 0 Å². The molecule has 2 atom stereocenters. The molecule has 0 saturated carbocycles. The third kappa shape index (κ3) is 9.42. The van der Waals surface area contributed by atoms with E-state index in [0.29, 0.717) is 19.4 Å². The number of rotatable bonds is 9. The van der Waals surface area contributed by atoms with Gasteiger partial charge in [-0.05, 0) is 60.2 Å². The summed E-state index contributed by atoms with van der Waals surface area (Å²) in [5, 5.41) is 0. The van der Waals surface area contributed by atoms with E-state index in [0.717, 1.165) is 0 Å². The number of hydrogen-bond acceptors (Lipinski definition) is 5. The largest absolute Gasteiger partial charge is 0.463 e. The van der Waals surface area contributed by atoms with Crippen LogP contribution in [0.1, 0.15) is 54.4 Å².